The second-order valence-electron chi connectivity index (χ2n) is 6.49. The molecule has 1 aromatic rings. The van der Waals surface area contributed by atoms with E-state index in [1.54, 1.807) is 12.1 Å². The molecule has 21 heavy (non-hydrogen) atoms. The minimum Gasteiger partial charge on any atom is -0.478 e. The van der Waals surface area contributed by atoms with E-state index in [2.05, 4.69) is 6.92 Å². The zero-order valence-electron chi connectivity index (χ0n) is 13.2. The van der Waals surface area contributed by atoms with Gasteiger partial charge >= 0.3 is 5.97 Å². The van der Waals surface area contributed by atoms with E-state index >= 15 is 0 Å². The van der Waals surface area contributed by atoms with E-state index in [4.69, 9.17) is 5.11 Å². The van der Waals surface area contributed by atoms with Gasteiger partial charge in [0.05, 0.1) is 5.56 Å². The van der Waals surface area contributed by atoms with Crippen LogP contribution in [-0.2, 0) is 0 Å². The Balaban J connectivity index is 1.76. The van der Waals surface area contributed by atoms with E-state index < -0.39 is 5.97 Å². The molecule has 0 saturated heterocycles. The SMILES string of the molecule is CCCCCCC1CCC(c2ccc(C(=O)O)cc2)CC1. The molecule has 0 atom stereocenters. The lowest BCUT2D eigenvalue weighted by Crippen LogP contribution is -2.13. The fraction of sp³-hybridized carbons (Fsp3) is 0.632. The molecule has 1 fully saturated rings. The number of unbranched alkanes of at least 4 members (excludes halogenated alkanes) is 3. The molecule has 2 nitrogen and oxygen atoms in total. The largest absolute Gasteiger partial charge is 0.478 e. The molecule has 0 radical (unpaired) electrons. The van der Waals surface area contributed by atoms with Crippen LogP contribution in [0.5, 0.6) is 0 Å². The Bertz CT molecular complexity index is 427. The third-order valence-corrected chi connectivity index (χ3v) is 4.94. The summed E-state index contributed by atoms with van der Waals surface area (Å²) in [7, 11) is 0. The molecule has 0 aliphatic heterocycles. The summed E-state index contributed by atoms with van der Waals surface area (Å²) in [6.07, 6.45) is 12.1. The third kappa shape index (κ3) is 4.87. The molecule has 0 amide bonds. The van der Waals surface area contributed by atoms with Crippen molar-refractivity contribution in [2.75, 3.05) is 0 Å². The molecule has 2 rings (SSSR count). The van der Waals surface area contributed by atoms with Crippen LogP contribution in [0, 0.1) is 5.92 Å². The molecule has 1 aliphatic carbocycles. The van der Waals surface area contributed by atoms with Gasteiger partial charge in [-0.15, -0.1) is 0 Å². The van der Waals surface area contributed by atoms with E-state index in [1.165, 1.54) is 63.4 Å². The van der Waals surface area contributed by atoms with Gasteiger partial charge in [0.2, 0.25) is 0 Å². The Kier molecular flexibility index (Phi) is 6.28. The lowest BCUT2D eigenvalue weighted by molar-refractivity contribution is 0.0697. The van der Waals surface area contributed by atoms with Crippen molar-refractivity contribution in [1.82, 2.24) is 0 Å². The highest BCUT2D eigenvalue weighted by Gasteiger charge is 2.22. The van der Waals surface area contributed by atoms with E-state index in [1.807, 2.05) is 12.1 Å². The summed E-state index contributed by atoms with van der Waals surface area (Å²) in [5.41, 5.74) is 1.72. The maximum Gasteiger partial charge on any atom is 0.335 e. The summed E-state index contributed by atoms with van der Waals surface area (Å²) >= 11 is 0. The lowest BCUT2D eigenvalue weighted by Gasteiger charge is -2.29. The molecule has 2 heteroatoms. The van der Waals surface area contributed by atoms with Gasteiger partial charge < -0.3 is 5.11 Å². The van der Waals surface area contributed by atoms with Crippen molar-refractivity contribution < 1.29 is 9.90 Å². The molecular weight excluding hydrogens is 260 g/mol. The van der Waals surface area contributed by atoms with Crippen LogP contribution in [0.1, 0.15) is 86.6 Å². The van der Waals surface area contributed by atoms with Crippen molar-refractivity contribution in [3.05, 3.63) is 35.4 Å². The molecule has 0 bridgehead atoms. The Morgan fingerprint density at radius 1 is 1.05 bits per heavy atom. The minimum atomic E-state index is -0.836. The van der Waals surface area contributed by atoms with Gasteiger partial charge in [0.25, 0.3) is 0 Å². The topological polar surface area (TPSA) is 37.3 Å². The Hall–Kier alpha value is -1.31. The van der Waals surface area contributed by atoms with Crippen molar-refractivity contribution in [1.29, 1.82) is 0 Å². The van der Waals surface area contributed by atoms with E-state index in [0.717, 1.165) is 5.92 Å². The van der Waals surface area contributed by atoms with Crippen LogP contribution >= 0.6 is 0 Å². The van der Waals surface area contributed by atoms with Gasteiger partial charge in [-0.25, -0.2) is 4.79 Å². The average molecular weight is 288 g/mol. The summed E-state index contributed by atoms with van der Waals surface area (Å²) in [5, 5.41) is 8.94. The predicted octanol–water partition coefficient (Wildman–Crippen LogP) is 5.63. The van der Waals surface area contributed by atoms with Gasteiger partial charge in [-0.2, -0.15) is 0 Å². The molecule has 0 spiro atoms. The molecule has 0 heterocycles. The first-order valence-electron chi connectivity index (χ1n) is 8.54. The summed E-state index contributed by atoms with van der Waals surface area (Å²) in [4.78, 5) is 10.9. The smallest absolute Gasteiger partial charge is 0.335 e. The van der Waals surface area contributed by atoms with Crippen molar-refractivity contribution in [2.45, 2.75) is 70.6 Å². The monoisotopic (exact) mass is 288 g/mol. The first-order chi connectivity index (χ1) is 10.2. The number of carbonyl (C=O) groups is 1. The van der Waals surface area contributed by atoms with Crippen molar-refractivity contribution >= 4 is 5.97 Å². The van der Waals surface area contributed by atoms with Crippen LogP contribution in [0.2, 0.25) is 0 Å². The maximum atomic E-state index is 10.9. The van der Waals surface area contributed by atoms with Crippen LogP contribution in [-0.4, -0.2) is 11.1 Å². The zero-order chi connectivity index (χ0) is 15.1. The maximum absolute atomic E-state index is 10.9. The minimum absolute atomic E-state index is 0.392. The fourth-order valence-electron chi connectivity index (χ4n) is 3.54. The molecule has 1 saturated carbocycles. The van der Waals surface area contributed by atoms with Crippen LogP contribution < -0.4 is 0 Å². The number of aromatic carboxylic acids is 1. The van der Waals surface area contributed by atoms with Gasteiger partial charge in [-0.05, 0) is 55.2 Å². The number of carboxylic acid groups (broad SMARTS) is 1. The quantitative estimate of drug-likeness (QED) is 0.660. The van der Waals surface area contributed by atoms with Crippen LogP contribution in [0.3, 0.4) is 0 Å². The molecule has 116 valence electrons. The van der Waals surface area contributed by atoms with Gasteiger partial charge in [0, 0.05) is 0 Å². The van der Waals surface area contributed by atoms with E-state index in [0.29, 0.717) is 11.5 Å². The first kappa shape index (κ1) is 16.1. The molecule has 1 N–H and O–H groups in total. The molecule has 0 aromatic heterocycles. The Labute approximate surface area is 128 Å². The molecule has 1 aliphatic rings. The highest BCUT2D eigenvalue weighted by atomic mass is 16.4. The third-order valence-electron chi connectivity index (χ3n) is 4.94. The number of hydrogen-bond donors (Lipinski definition) is 1. The normalized spacial score (nSPS) is 22.1. The number of hydrogen-bond acceptors (Lipinski definition) is 1. The van der Waals surface area contributed by atoms with Gasteiger partial charge in [0.1, 0.15) is 0 Å². The summed E-state index contributed by atoms with van der Waals surface area (Å²) in [6, 6.07) is 7.51. The van der Waals surface area contributed by atoms with Crippen LogP contribution in [0.15, 0.2) is 24.3 Å². The molecule has 1 aromatic carbocycles. The van der Waals surface area contributed by atoms with Gasteiger partial charge in [-0.3, -0.25) is 0 Å². The van der Waals surface area contributed by atoms with Crippen LogP contribution in [0.4, 0.5) is 0 Å². The average Bonchev–Trinajstić information content (AvgIpc) is 2.52. The first-order valence-corrected chi connectivity index (χ1v) is 8.54. The fourth-order valence-corrected chi connectivity index (χ4v) is 3.54. The second-order valence-corrected chi connectivity index (χ2v) is 6.49. The molecule has 0 unspecified atom stereocenters. The van der Waals surface area contributed by atoms with E-state index in [9.17, 15) is 4.79 Å². The van der Waals surface area contributed by atoms with Gasteiger partial charge in [-0.1, -0.05) is 51.2 Å². The summed E-state index contributed by atoms with van der Waals surface area (Å²) in [6.45, 7) is 2.26. The standard InChI is InChI=1S/C19H28O2/c1-2-3-4-5-6-15-7-9-16(10-8-15)17-11-13-18(14-12-17)19(20)21/h11-16H,2-10H2,1H3,(H,20,21). The van der Waals surface area contributed by atoms with Gasteiger partial charge in [0.15, 0.2) is 0 Å². The van der Waals surface area contributed by atoms with Crippen LogP contribution in [0.25, 0.3) is 0 Å². The summed E-state index contributed by atoms with van der Waals surface area (Å²) < 4.78 is 0. The van der Waals surface area contributed by atoms with Crippen molar-refractivity contribution in [2.24, 2.45) is 5.92 Å². The molecular formula is C19H28O2. The summed E-state index contributed by atoms with van der Waals surface area (Å²) in [5.74, 6) is 0.730. The highest BCUT2D eigenvalue weighted by molar-refractivity contribution is 5.87. The highest BCUT2D eigenvalue weighted by Crippen LogP contribution is 2.37. The lowest BCUT2D eigenvalue weighted by atomic mass is 9.77. The van der Waals surface area contributed by atoms with E-state index in [-0.39, 0.29) is 0 Å². The number of rotatable bonds is 7. The van der Waals surface area contributed by atoms with Crippen molar-refractivity contribution in [3.8, 4) is 0 Å². The number of benzene rings is 1. The Morgan fingerprint density at radius 2 is 1.71 bits per heavy atom. The van der Waals surface area contributed by atoms with Crippen molar-refractivity contribution in [3.63, 3.8) is 0 Å². The zero-order valence-corrected chi connectivity index (χ0v) is 13.2. The Morgan fingerprint density at radius 3 is 2.29 bits per heavy atom. The predicted molar refractivity (Wildman–Crippen MR) is 86.9 cm³/mol. The second kappa shape index (κ2) is 8.21. The number of carboxylic acids is 1.